The fourth-order valence-corrected chi connectivity index (χ4v) is 3.99. The molecule has 0 spiro atoms. The van der Waals surface area contributed by atoms with Crippen LogP contribution in [0.4, 0.5) is 5.69 Å². The summed E-state index contributed by atoms with van der Waals surface area (Å²) in [6.07, 6.45) is 2.02. The maximum absolute atomic E-state index is 12.8. The van der Waals surface area contributed by atoms with Gasteiger partial charge in [0.05, 0.1) is 11.0 Å². The Labute approximate surface area is 176 Å². The number of aromatic nitrogens is 2. The summed E-state index contributed by atoms with van der Waals surface area (Å²) in [5.74, 6) is 0.688. The molecule has 0 saturated heterocycles. The van der Waals surface area contributed by atoms with Crippen LogP contribution in [0.25, 0.3) is 22.4 Å². The predicted octanol–water partition coefficient (Wildman–Crippen LogP) is 5.83. The van der Waals surface area contributed by atoms with E-state index in [-0.39, 0.29) is 12.5 Å². The van der Waals surface area contributed by atoms with Crippen molar-refractivity contribution >= 4 is 50.3 Å². The third-order valence-corrected chi connectivity index (χ3v) is 5.61. The van der Waals surface area contributed by atoms with Crippen molar-refractivity contribution in [2.24, 2.45) is 0 Å². The molecule has 0 unspecified atom stereocenters. The van der Waals surface area contributed by atoms with Gasteiger partial charge in [0.1, 0.15) is 12.4 Å². The number of hydrogen-bond acceptors (Lipinski definition) is 3. The minimum absolute atomic E-state index is 0.0855. The van der Waals surface area contributed by atoms with Crippen LogP contribution in [0, 0.1) is 0 Å². The number of anilines is 1. The van der Waals surface area contributed by atoms with Crippen LogP contribution in [0.1, 0.15) is 0 Å². The molecule has 0 saturated carbocycles. The van der Waals surface area contributed by atoms with Crippen molar-refractivity contribution in [2.75, 3.05) is 11.6 Å². The topological polar surface area (TPSA) is 46.9 Å². The molecule has 0 fully saturated rings. The van der Waals surface area contributed by atoms with Gasteiger partial charge in [-0.25, -0.2) is 4.98 Å². The van der Waals surface area contributed by atoms with E-state index in [0.717, 1.165) is 37.5 Å². The molecule has 4 nitrogen and oxygen atoms in total. The fraction of sp³-hybridized carbons (Fsp3) is 0.0909. The number of imidazole rings is 1. The number of rotatable bonds is 5. The minimum Gasteiger partial charge on any atom is -0.324 e. The van der Waals surface area contributed by atoms with E-state index < -0.39 is 0 Å². The molecule has 1 heterocycles. The monoisotopic (exact) mass is 451 g/mol. The van der Waals surface area contributed by atoms with Gasteiger partial charge in [0.25, 0.3) is 0 Å². The van der Waals surface area contributed by atoms with Crippen molar-refractivity contribution in [1.29, 1.82) is 0 Å². The van der Waals surface area contributed by atoms with E-state index in [9.17, 15) is 4.79 Å². The predicted molar refractivity (Wildman–Crippen MR) is 120 cm³/mol. The molecule has 0 aliphatic rings. The second-order valence-corrected chi connectivity index (χ2v) is 8.10. The number of amides is 1. The zero-order valence-electron chi connectivity index (χ0n) is 15.2. The lowest BCUT2D eigenvalue weighted by Crippen LogP contribution is -2.19. The van der Waals surface area contributed by atoms with Gasteiger partial charge in [-0.1, -0.05) is 46.3 Å². The lowest BCUT2D eigenvalue weighted by Gasteiger charge is -2.11. The number of carbonyl (C=O) groups excluding carboxylic acids is 1. The summed E-state index contributed by atoms with van der Waals surface area (Å²) in [7, 11) is 0. The average molecular weight is 452 g/mol. The summed E-state index contributed by atoms with van der Waals surface area (Å²) in [6.45, 7) is 0.186. The highest BCUT2D eigenvalue weighted by atomic mass is 79.9. The quantitative estimate of drug-likeness (QED) is 0.388. The highest BCUT2D eigenvalue weighted by Crippen LogP contribution is 2.27. The van der Waals surface area contributed by atoms with E-state index in [2.05, 4.69) is 21.2 Å². The highest BCUT2D eigenvalue weighted by molar-refractivity contribution is 9.10. The van der Waals surface area contributed by atoms with Crippen LogP contribution in [-0.4, -0.2) is 21.7 Å². The van der Waals surface area contributed by atoms with Gasteiger partial charge >= 0.3 is 0 Å². The van der Waals surface area contributed by atoms with Crippen molar-refractivity contribution in [1.82, 2.24) is 9.55 Å². The molecular formula is C22H18BrN3OS. The molecule has 4 aromatic rings. The summed E-state index contributed by atoms with van der Waals surface area (Å²) in [4.78, 5) is 18.7. The van der Waals surface area contributed by atoms with Crippen molar-refractivity contribution in [2.45, 2.75) is 11.4 Å². The third kappa shape index (κ3) is 3.98. The van der Waals surface area contributed by atoms with Crippen LogP contribution in [0.5, 0.6) is 0 Å². The van der Waals surface area contributed by atoms with Gasteiger partial charge in [-0.2, -0.15) is 0 Å². The van der Waals surface area contributed by atoms with Gasteiger partial charge in [0.15, 0.2) is 0 Å². The van der Waals surface area contributed by atoms with Crippen LogP contribution < -0.4 is 5.32 Å². The second kappa shape index (κ2) is 8.20. The number of para-hydroxylation sites is 2. The summed E-state index contributed by atoms with van der Waals surface area (Å²) >= 11 is 5.17. The molecule has 0 bridgehead atoms. The molecule has 0 aliphatic heterocycles. The number of carbonyl (C=O) groups is 1. The van der Waals surface area contributed by atoms with E-state index in [1.54, 1.807) is 11.8 Å². The number of thioether (sulfide) groups is 1. The number of benzene rings is 3. The van der Waals surface area contributed by atoms with E-state index in [1.807, 2.05) is 83.6 Å². The molecule has 28 heavy (non-hydrogen) atoms. The first-order valence-electron chi connectivity index (χ1n) is 8.79. The first-order valence-corrected chi connectivity index (χ1v) is 10.8. The molecule has 0 aliphatic carbocycles. The Bertz CT molecular complexity index is 1160. The zero-order chi connectivity index (χ0) is 19.5. The first kappa shape index (κ1) is 18.8. The Balaban J connectivity index is 1.69. The number of fused-ring (bicyclic) bond motifs is 1. The zero-order valence-corrected chi connectivity index (χ0v) is 17.6. The number of hydrogen-bond donors (Lipinski definition) is 1. The van der Waals surface area contributed by atoms with Crippen LogP contribution >= 0.6 is 27.7 Å². The molecule has 1 amide bonds. The lowest BCUT2D eigenvalue weighted by atomic mass is 10.2. The molecule has 0 atom stereocenters. The minimum atomic E-state index is -0.0855. The molecular weight excluding hydrogens is 434 g/mol. The molecule has 1 aromatic heterocycles. The second-order valence-electron chi connectivity index (χ2n) is 6.30. The number of nitrogens with zero attached hydrogens (tertiary/aromatic N) is 2. The number of nitrogens with one attached hydrogen (secondary N) is 1. The average Bonchev–Trinajstić information content (AvgIpc) is 3.06. The number of halogens is 1. The summed E-state index contributed by atoms with van der Waals surface area (Å²) in [5, 5.41) is 3.00. The van der Waals surface area contributed by atoms with Gasteiger partial charge in [0.2, 0.25) is 5.91 Å². The Morgan fingerprint density at radius 1 is 1.07 bits per heavy atom. The standard InChI is InChI=1S/C22H18BrN3OS/c1-28-18-9-5-8-17(13-18)24-21(27)14-26-20-11-3-2-10-19(20)25-22(26)15-6-4-7-16(23)12-15/h2-13H,14H2,1H3,(H,24,27). The Morgan fingerprint density at radius 2 is 1.89 bits per heavy atom. The molecule has 1 N–H and O–H groups in total. The van der Waals surface area contributed by atoms with Gasteiger partial charge < -0.3 is 9.88 Å². The molecule has 0 radical (unpaired) electrons. The first-order chi connectivity index (χ1) is 13.6. The van der Waals surface area contributed by atoms with E-state index in [4.69, 9.17) is 4.98 Å². The summed E-state index contributed by atoms with van der Waals surface area (Å²) < 4.78 is 2.94. The van der Waals surface area contributed by atoms with Crippen LogP contribution in [-0.2, 0) is 11.3 Å². The summed E-state index contributed by atoms with van der Waals surface area (Å²) in [6, 6.07) is 23.7. The smallest absolute Gasteiger partial charge is 0.244 e. The van der Waals surface area contributed by atoms with Gasteiger partial charge in [-0.3, -0.25) is 4.79 Å². The van der Waals surface area contributed by atoms with Crippen LogP contribution in [0.3, 0.4) is 0 Å². The van der Waals surface area contributed by atoms with E-state index in [0.29, 0.717) is 0 Å². The molecule has 3 aromatic carbocycles. The molecule has 6 heteroatoms. The Hall–Kier alpha value is -2.57. The van der Waals surface area contributed by atoms with Crippen LogP contribution in [0.15, 0.2) is 82.2 Å². The van der Waals surface area contributed by atoms with Crippen molar-refractivity contribution in [3.63, 3.8) is 0 Å². The Kier molecular flexibility index (Phi) is 5.50. The lowest BCUT2D eigenvalue weighted by molar-refractivity contribution is -0.116. The Morgan fingerprint density at radius 3 is 2.71 bits per heavy atom. The fourth-order valence-electron chi connectivity index (χ4n) is 3.13. The van der Waals surface area contributed by atoms with Crippen molar-refractivity contribution < 1.29 is 4.79 Å². The van der Waals surface area contributed by atoms with Gasteiger partial charge in [-0.05, 0) is 48.7 Å². The normalized spacial score (nSPS) is 10.9. The highest BCUT2D eigenvalue weighted by Gasteiger charge is 2.15. The maximum atomic E-state index is 12.8. The van der Waals surface area contributed by atoms with Gasteiger partial charge in [0, 0.05) is 20.6 Å². The van der Waals surface area contributed by atoms with E-state index in [1.165, 1.54) is 0 Å². The van der Waals surface area contributed by atoms with Crippen molar-refractivity contribution in [3.8, 4) is 11.4 Å². The summed E-state index contributed by atoms with van der Waals surface area (Å²) in [5.41, 5.74) is 3.56. The SMILES string of the molecule is CSc1cccc(NC(=O)Cn2c(-c3cccc(Br)c3)nc3ccccc32)c1. The third-order valence-electron chi connectivity index (χ3n) is 4.39. The largest absolute Gasteiger partial charge is 0.324 e. The van der Waals surface area contributed by atoms with Crippen LogP contribution in [0.2, 0.25) is 0 Å². The maximum Gasteiger partial charge on any atom is 0.244 e. The van der Waals surface area contributed by atoms with Crippen molar-refractivity contribution in [3.05, 3.63) is 77.3 Å². The molecule has 4 rings (SSSR count). The molecule has 140 valence electrons. The van der Waals surface area contributed by atoms with Gasteiger partial charge in [-0.15, -0.1) is 11.8 Å². The van der Waals surface area contributed by atoms with E-state index >= 15 is 0 Å².